The normalized spacial score (nSPS) is 47.7. The van der Waals surface area contributed by atoms with E-state index in [1.54, 1.807) is 0 Å². The van der Waals surface area contributed by atoms with Gasteiger partial charge in [0.25, 0.3) is 0 Å². The van der Waals surface area contributed by atoms with Gasteiger partial charge in [0.05, 0.1) is 23.9 Å². The number of carboxylic acids is 4. The molecule has 14 unspecified atom stereocenters. The predicted octanol–water partition coefficient (Wildman–Crippen LogP) is -13.4. The minimum absolute atomic E-state index is 0.957. The third-order valence-corrected chi connectivity index (χ3v) is 8.49. The third kappa shape index (κ3) is 8.09. The molecule has 4 heterocycles. The molecule has 4 aliphatic rings. The maximum absolute atomic E-state index is 12.0. The van der Waals surface area contributed by atoms with Crippen LogP contribution in [0.5, 0.6) is 0 Å². The maximum Gasteiger partial charge on any atom is 0.187 e. The molecule has 0 aromatic rings. The summed E-state index contributed by atoms with van der Waals surface area (Å²) < 4.78 is 45.3. The van der Waals surface area contributed by atoms with Crippen molar-refractivity contribution in [3.63, 3.8) is 0 Å². The van der Waals surface area contributed by atoms with Crippen molar-refractivity contribution in [3.8, 4) is 0 Å². The highest BCUT2D eigenvalue weighted by atomic mass is 16.8. The van der Waals surface area contributed by atoms with Crippen LogP contribution in [0.1, 0.15) is 0 Å². The van der Waals surface area contributed by atoms with Crippen molar-refractivity contribution in [2.24, 2.45) is 0 Å². The number of aliphatic carboxylic acids is 4. The highest BCUT2D eigenvalue weighted by molar-refractivity contribution is 5.72. The summed E-state index contributed by atoms with van der Waals surface area (Å²) in [5.74, 6) is -8.42. The molecule has 4 saturated heterocycles. The molecule has 20 atom stereocenters. The van der Waals surface area contributed by atoms with Crippen LogP contribution in [0.25, 0.3) is 0 Å². The second-order valence-electron chi connectivity index (χ2n) is 11.6. The molecule has 25 nitrogen and oxygen atoms in total. The Hall–Kier alpha value is -2.80. The maximum atomic E-state index is 12.0. The fourth-order valence-corrected chi connectivity index (χ4v) is 5.82. The first-order valence-electron chi connectivity index (χ1n) is 14.8. The molecular formula is C26H34O25-4. The molecule has 0 bridgehead atoms. The van der Waals surface area contributed by atoms with Crippen molar-refractivity contribution < 1.29 is 123 Å². The number of carboxylic acid groups (broad SMARTS) is 4. The number of carbonyl (C=O) groups excluding carboxylic acids is 4. The standard InChI is InChI=1S/C26H38O25/c1-43-11-3(27)8(32)24(49-15(11)19(35)36)46-13-5(29)10(34)26(51-17(13)21(39)40)47-14-6(30)9(33)25(50-18(14)22(41)42)45-12-4(28)7(31)23(44-2)48-16(12)20(37)38/h3-18,23-34H,1-2H3,(H,35,36)(H,37,38)(H,39,40)(H,41,42)/p-4/t3-,4?,5?,6-,7?,8?,9?,10?,11-,12?,13?,14-,15?,16?,17?,18?,23?,24+,25+,26?/m0/s1. The van der Waals surface area contributed by atoms with Gasteiger partial charge in [-0.05, 0) is 0 Å². The summed E-state index contributed by atoms with van der Waals surface area (Å²) in [6, 6.07) is 0. The van der Waals surface area contributed by atoms with Crippen LogP contribution < -0.4 is 20.4 Å². The van der Waals surface area contributed by atoms with Gasteiger partial charge >= 0.3 is 0 Å². The lowest BCUT2D eigenvalue weighted by Crippen LogP contribution is -2.70. The topological polar surface area (TPSA) is 405 Å². The Morgan fingerprint density at radius 3 is 0.882 bits per heavy atom. The molecule has 0 radical (unpaired) electrons. The van der Waals surface area contributed by atoms with E-state index in [0.717, 1.165) is 14.2 Å². The first-order valence-corrected chi connectivity index (χ1v) is 14.8. The Labute approximate surface area is 284 Å². The van der Waals surface area contributed by atoms with E-state index in [9.17, 15) is 80.5 Å². The second kappa shape index (κ2) is 16.5. The molecule has 0 aromatic carbocycles. The van der Waals surface area contributed by atoms with Gasteiger partial charge in [-0.1, -0.05) is 0 Å². The number of methoxy groups -OCH3 is 2. The van der Waals surface area contributed by atoms with Gasteiger partial charge in [-0.25, -0.2) is 0 Å². The summed E-state index contributed by atoms with van der Waals surface area (Å²) in [4.78, 5) is 47.2. The predicted molar refractivity (Wildman–Crippen MR) is 135 cm³/mol. The Morgan fingerprint density at radius 1 is 0.392 bits per heavy atom. The number of rotatable bonds is 12. The van der Waals surface area contributed by atoms with Crippen molar-refractivity contribution in [1.82, 2.24) is 0 Å². The molecule has 4 rings (SSSR count). The van der Waals surface area contributed by atoms with E-state index >= 15 is 0 Å². The molecule has 0 aliphatic carbocycles. The van der Waals surface area contributed by atoms with Gasteiger partial charge < -0.3 is 123 Å². The average molecular weight is 747 g/mol. The van der Waals surface area contributed by atoms with Crippen molar-refractivity contribution in [3.05, 3.63) is 0 Å². The van der Waals surface area contributed by atoms with Crippen LogP contribution >= 0.6 is 0 Å². The number of hydrogen-bond acceptors (Lipinski definition) is 25. The van der Waals surface area contributed by atoms with Crippen LogP contribution in [0.4, 0.5) is 0 Å². The van der Waals surface area contributed by atoms with Gasteiger partial charge in [0.1, 0.15) is 97.7 Å². The molecule has 25 heteroatoms. The van der Waals surface area contributed by atoms with Gasteiger partial charge in [-0.3, -0.25) is 0 Å². The fraction of sp³-hybridized carbons (Fsp3) is 0.846. The molecule has 4 aliphatic heterocycles. The number of carbonyl (C=O) groups is 4. The first-order chi connectivity index (χ1) is 23.9. The molecule has 292 valence electrons. The van der Waals surface area contributed by atoms with E-state index in [2.05, 4.69) is 0 Å². The number of hydrogen-bond donors (Lipinski definition) is 8. The molecule has 4 fully saturated rings. The highest BCUT2D eigenvalue weighted by Gasteiger charge is 2.56. The van der Waals surface area contributed by atoms with E-state index in [-0.39, 0.29) is 0 Å². The van der Waals surface area contributed by atoms with Gasteiger partial charge in [-0.15, -0.1) is 0 Å². The van der Waals surface area contributed by atoms with Gasteiger partial charge in [-0.2, -0.15) is 0 Å². The van der Waals surface area contributed by atoms with Crippen LogP contribution in [-0.2, 0) is 61.8 Å². The monoisotopic (exact) mass is 746 g/mol. The van der Waals surface area contributed by atoms with Crippen LogP contribution in [0, 0.1) is 0 Å². The molecule has 0 amide bonds. The van der Waals surface area contributed by atoms with E-state index in [1.165, 1.54) is 0 Å². The fourth-order valence-electron chi connectivity index (χ4n) is 5.82. The van der Waals surface area contributed by atoms with Crippen molar-refractivity contribution in [2.75, 3.05) is 14.2 Å². The van der Waals surface area contributed by atoms with Gasteiger partial charge in [0.2, 0.25) is 0 Å². The largest absolute Gasteiger partial charge is 0.547 e. The smallest absolute Gasteiger partial charge is 0.187 e. The summed E-state index contributed by atoms with van der Waals surface area (Å²) in [6.45, 7) is 0. The number of aliphatic hydroxyl groups is 8. The molecule has 0 spiro atoms. The lowest BCUT2D eigenvalue weighted by Gasteiger charge is -2.49. The van der Waals surface area contributed by atoms with Crippen molar-refractivity contribution in [2.45, 2.75) is 123 Å². The van der Waals surface area contributed by atoms with Crippen LogP contribution in [0.2, 0.25) is 0 Å². The van der Waals surface area contributed by atoms with E-state index in [1.807, 2.05) is 0 Å². The van der Waals surface area contributed by atoms with Gasteiger partial charge in [0.15, 0.2) is 25.2 Å². The van der Waals surface area contributed by atoms with Crippen LogP contribution in [0.3, 0.4) is 0 Å². The zero-order valence-electron chi connectivity index (χ0n) is 26.1. The Balaban J connectivity index is 1.51. The highest BCUT2D eigenvalue weighted by Crippen LogP contribution is 2.34. The number of ether oxygens (including phenoxy) is 9. The van der Waals surface area contributed by atoms with E-state index in [4.69, 9.17) is 42.6 Å². The van der Waals surface area contributed by atoms with Gasteiger partial charge in [0, 0.05) is 14.2 Å². The average Bonchev–Trinajstić information content (AvgIpc) is 3.07. The summed E-state index contributed by atoms with van der Waals surface area (Å²) in [5.41, 5.74) is 0. The van der Waals surface area contributed by atoms with E-state index in [0.29, 0.717) is 0 Å². The van der Waals surface area contributed by atoms with E-state index < -0.39 is 147 Å². The lowest BCUT2D eigenvalue weighted by atomic mass is 9.95. The molecule has 51 heavy (non-hydrogen) atoms. The molecule has 0 saturated carbocycles. The summed E-state index contributed by atoms with van der Waals surface area (Å²) >= 11 is 0. The minimum Gasteiger partial charge on any atom is -0.547 e. The number of aliphatic hydroxyl groups excluding tert-OH is 8. The Bertz CT molecular complexity index is 1250. The van der Waals surface area contributed by atoms with Crippen molar-refractivity contribution >= 4 is 23.9 Å². The summed E-state index contributed by atoms with van der Waals surface area (Å²) in [6.07, 6.45) is -44.8. The SMILES string of the molecule is COC1OC(C(=O)[O-])C(O[C@@H]2OC(C(=O)[O-])[C@@H](OC3OC(C(=O)[O-])C(O[C@@H]4OC(C(=O)[O-])[C@@H](OC)[C@@H](O)C4O)C(O)C3O)[C@@H](O)C2O)C(O)C1O. The molecular weight excluding hydrogens is 712 g/mol. The Morgan fingerprint density at radius 2 is 0.627 bits per heavy atom. The third-order valence-electron chi connectivity index (χ3n) is 8.49. The van der Waals surface area contributed by atoms with Crippen molar-refractivity contribution in [1.29, 1.82) is 0 Å². The summed E-state index contributed by atoms with van der Waals surface area (Å²) in [7, 11) is 1.95. The molecule has 8 N–H and O–H groups in total. The second-order valence-corrected chi connectivity index (χ2v) is 11.6. The Kier molecular flexibility index (Phi) is 13.2. The zero-order valence-corrected chi connectivity index (χ0v) is 26.1. The zero-order chi connectivity index (χ0) is 38.2. The van der Waals surface area contributed by atoms with Crippen LogP contribution in [0.15, 0.2) is 0 Å². The summed E-state index contributed by atoms with van der Waals surface area (Å²) in [5, 5.41) is 132. The quantitative estimate of drug-likeness (QED) is 0.0918. The molecule has 0 aromatic heterocycles. The first kappa shape index (κ1) is 41.0. The lowest BCUT2D eigenvalue weighted by molar-refractivity contribution is -0.402. The van der Waals surface area contributed by atoms with Crippen LogP contribution in [-0.4, -0.2) is 202 Å². The minimum atomic E-state index is -2.54.